The van der Waals surface area contributed by atoms with Crippen molar-refractivity contribution in [2.75, 3.05) is 0 Å². The minimum Gasteiger partial charge on any atom is -0.507 e. The van der Waals surface area contributed by atoms with E-state index in [0.717, 1.165) is 35.0 Å². The van der Waals surface area contributed by atoms with Gasteiger partial charge in [0.05, 0.1) is 5.56 Å². The number of thiophene rings is 1. The van der Waals surface area contributed by atoms with Crippen LogP contribution in [-0.4, -0.2) is 5.11 Å². The minimum atomic E-state index is -0.369. The van der Waals surface area contributed by atoms with Crippen LogP contribution in [0.25, 0.3) is 0 Å². The first-order valence-electron chi connectivity index (χ1n) is 10.7. The molecule has 3 aromatic rings. The maximum Gasteiger partial charge on any atom is 0.343 e. The summed E-state index contributed by atoms with van der Waals surface area (Å²) in [5.74, 6) is 1.90. The van der Waals surface area contributed by atoms with Gasteiger partial charge in [0, 0.05) is 27.3 Å². The summed E-state index contributed by atoms with van der Waals surface area (Å²) in [6, 6.07) is 14.1. The van der Waals surface area contributed by atoms with Gasteiger partial charge < -0.3 is 9.52 Å². The van der Waals surface area contributed by atoms with Gasteiger partial charge in [-0.1, -0.05) is 47.0 Å². The van der Waals surface area contributed by atoms with Crippen LogP contribution in [0.5, 0.6) is 5.75 Å². The van der Waals surface area contributed by atoms with Crippen molar-refractivity contribution in [3.63, 3.8) is 0 Å². The van der Waals surface area contributed by atoms with Gasteiger partial charge in [-0.15, -0.1) is 11.3 Å². The Labute approximate surface area is 188 Å². The van der Waals surface area contributed by atoms with Gasteiger partial charge in [-0.3, -0.25) is 0 Å². The van der Waals surface area contributed by atoms with E-state index in [2.05, 4.69) is 34.1 Å². The maximum absolute atomic E-state index is 13.1. The van der Waals surface area contributed by atoms with Gasteiger partial charge >= 0.3 is 5.63 Å². The predicted octanol–water partition coefficient (Wildman–Crippen LogP) is 6.84. The quantitative estimate of drug-likeness (QED) is 0.380. The van der Waals surface area contributed by atoms with Crippen molar-refractivity contribution in [1.82, 2.24) is 0 Å². The molecular weight excluding hydrogens is 460 g/mol. The van der Waals surface area contributed by atoms with Crippen molar-refractivity contribution in [3.05, 3.63) is 84.5 Å². The second-order valence-corrected chi connectivity index (χ2v) is 10.7. The van der Waals surface area contributed by atoms with Crippen LogP contribution in [0.2, 0.25) is 0 Å². The van der Waals surface area contributed by atoms with Crippen molar-refractivity contribution in [3.8, 4) is 5.75 Å². The van der Waals surface area contributed by atoms with Gasteiger partial charge in [0.1, 0.15) is 11.5 Å². The molecule has 5 rings (SSSR count). The fraction of sp³-hybridized carbons (Fsp3) is 0.400. The van der Waals surface area contributed by atoms with Gasteiger partial charge in [0.15, 0.2) is 0 Å². The molecule has 0 aliphatic heterocycles. The Bertz CT molecular complexity index is 1060. The molecule has 2 unspecified atom stereocenters. The van der Waals surface area contributed by atoms with Crippen LogP contribution < -0.4 is 5.63 Å². The van der Waals surface area contributed by atoms with E-state index >= 15 is 0 Å². The summed E-state index contributed by atoms with van der Waals surface area (Å²) in [6.07, 6.45) is 6.48. The third-order valence-corrected chi connectivity index (χ3v) is 7.84. The van der Waals surface area contributed by atoms with Gasteiger partial charge in [-0.05, 0) is 66.7 Å². The van der Waals surface area contributed by atoms with E-state index < -0.39 is 0 Å². The Morgan fingerprint density at radius 3 is 2.50 bits per heavy atom. The van der Waals surface area contributed by atoms with Crippen LogP contribution in [0.4, 0.5) is 0 Å². The molecule has 3 nitrogen and oxygen atoms in total. The molecule has 156 valence electrons. The summed E-state index contributed by atoms with van der Waals surface area (Å²) < 4.78 is 6.97. The zero-order valence-corrected chi connectivity index (χ0v) is 19.1. The molecule has 1 N–H and O–H groups in total. The molecule has 1 aromatic carbocycles. The molecule has 2 aromatic heterocycles. The number of halogens is 1. The van der Waals surface area contributed by atoms with Crippen molar-refractivity contribution >= 4 is 27.3 Å². The van der Waals surface area contributed by atoms with Crippen LogP contribution in [0.15, 0.2) is 61.5 Å². The summed E-state index contributed by atoms with van der Waals surface area (Å²) in [5.41, 5.74) is 1.29. The third-order valence-electron chi connectivity index (χ3n) is 6.35. The monoisotopic (exact) mass is 484 g/mol. The van der Waals surface area contributed by atoms with Crippen molar-refractivity contribution in [2.24, 2.45) is 11.8 Å². The van der Waals surface area contributed by atoms with Gasteiger partial charge in [0.2, 0.25) is 0 Å². The second kappa shape index (κ2) is 8.35. The highest BCUT2D eigenvalue weighted by atomic mass is 79.9. The van der Waals surface area contributed by atoms with Crippen LogP contribution >= 0.6 is 27.3 Å². The van der Waals surface area contributed by atoms with E-state index in [1.807, 2.05) is 23.6 Å². The first kappa shape index (κ1) is 20.1. The van der Waals surface area contributed by atoms with E-state index in [9.17, 15) is 9.90 Å². The number of hydrogen-bond donors (Lipinski definition) is 1. The molecule has 0 spiro atoms. The van der Waals surface area contributed by atoms with Crippen LogP contribution in [-0.2, 0) is 6.42 Å². The lowest BCUT2D eigenvalue weighted by atomic mass is 9.89. The summed E-state index contributed by atoms with van der Waals surface area (Å²) in [5, 5.41) is 13.0. The molecule has 2 heterocycles. The molecule has 0 radical (unpaired) electrons. The first-order chi connectivity index (χ1) is 14.6. The lowest BCUT2D eigenvalue weighted by Crippen LogP contribution is -2.17. The Hall–Kier alpha value is -1.85. The summed E-state index contributed by atoms with van der Waals surface area (Å²) >= 11 is 5.13. The third kappa shape index (κ3) is 4.42. The van der Waals surface area contributed by atoms with Crippen molar-refractivity contribution in [2.45, 2.75) is 50.4 Å². The predicted molar refractivity (Wildman–Crippen MR) is 123 cm³/mol. The molecule has 2 saturated carbocycles. The highest BCUT2D eigenvalue weighted by molar-refractivity contribution is 9.10. The molecule has 0 amide bonds. The lowest BCUT2D eigenvalue weighted by Gasteiger charge is -2.19. The van der Waals surface area contributed by atoms with Crippen molar-refractivity contribution < 1.29 is 9.52 Å². The van der Waals surface area contributed by atoms with Crippen LogP contribution in [0, 0.1) is 11.8 Å². The van der Waals surface area contributed by atoms with E-state index in [-0.39, 0.29) is 23.2 Å². The fourth-order valence-electron chi connectivity index (χ4n) is 4.47. The smallest absolute Gasteiger partial charge is 0.343 e. The molecule has 2 fully saturated rings. The number of aromatic hydroxyl groups is 1. The normalized spacial score (nSPS) is 18.3. The molecule has 2 aliphatic carbocycles. The highest BCUT2D eigenvalue weighted by Gasteiger charge is 2.38. The molecule has 0 saturated heterocycles. The number of hydrogen-bond acceptors (Lipinski definition) is 4. The minimum absolute atomic E-state index is 0.0522. The molecule has 0 bridgehead atoms. The average Bonchev–Trinajstić information content (AvgIpc) is 3.65. The van der Waals surface area contributed by atoms with Crippen LogP contribution in [0.3, 0.4) is 0 Å². The number of rotatable bonds is 8. The summed E-state index contributed by atoms with van der Waals surface area (Å²) in [4.78, 5) is 14.2. The van der Waals surface area contributed by atoms with E-state index in [1.165, 1.54) is 18.4 Å². The Morgan fingerprint density at radius 1 is 1.13 bits per heavy atom. The van der Waals surface area contributed by atoms with Gasteiger partial charge in [0.25, 0.3) is 0 Å². The van der Waals surface area contributed by atoms with Gasteiger partial charge in [-0.2, -0.15) is 0 Å². The SMILES string of the molecule is O=c1oc(C(Cc2ccc(Br)cc2)CC2CC2)cc(O)c1C(c1cccs1)C1CC1. The van der Waals surface area contributed by atoms with E-state index in [4.69, 9.17) is 4.42 Å². The number of benzene rings is 1. The topological polar surface area (TPSA) is 50.4 Å². The second-order valence-electron chi connectivity index (χ2n) is 8.77. The Morgan fingerprint density at radius 2 is 1.90 bits per heavy atom. The fourth-order valence-corrected chi connectivity index (χ4v) is 5.66. The molecule has 30 heavy (non-hydrogen) atoms. The Balaban J connectivity index is 1.48. The average molecular weight is 485 g/mol. The lowest BCUT2D eigenvalue weighted by molar-refractivity contribution is 0.371. The van der Waals surface area contributed by atoms with E-state index in [1.54, 1.807) is 17.4 Å². The standard InChI is InChI=1S/C25H25BrO3S/c26-19-9-5-16(6-10-19)13-18(12-15-3-4-15)21-14-20(27)24(25(28)29-21)23(17-7-8-17)22-2-1-11-30-22/h1-2,5-6,9-11,14-15,17-18,23,27H,3-4,7-8,12-13H2. The molecule has 5 heteroatoms. The first-order valence-corrected chi connectivity index (χ1v) is 12.4. The van der Waals surface area contributed by atoms with Gasteiger partial charge in [-0.25, -0.2) is 4.79 Å². The van der Waals surface area contributed by atoms with Crippen molar-refractivity contribution in [1.29, 1.82) is 0 Å². The molecule has 2 atom stereocenters. The largest absolute Gasteiger partial charge is 0.507 e. The molecule has 2 aliphatic rings. The zero-order chi connectivity index (χ0) is 20.7. The molecular formula is C25H25BrO3S. The summed E-state index contributed by atoms with van der Waals surface area (Å²) in [6.45, 7) is 0. The highest BCUT2D eigenvalue weighted by Crippen LogP contribution is 2.49. The van der Waals surface area contributed by atoms with Crippen LogP contribution in [0.1, 0.15) is 65.7 Å². The maximum atomic E-state index is 13.1. The Kier molecular flexibility index (Phi) is 5.59. The summed E-state index contributed by atoms with van der Waals surface area (Å²) in [7, 11) is 0. The zero-order valence-electron chi connectivity index (χ0n) is 16.7. The van der Waals surface area contributed by atoms with E-state index in [0.29, 0.717) is 23.2 Å².